The summed E-state index contributed by atoms with van der Waals surface area (Å²) in [6, 6.07) is 1.96. The van der Waals surface area contributed by atoms with Crippen LogP contribution in [0.25, 0.3) is 0 Å². The monoisotopic (exact) mass is 198 g/mol. The Kier molecular flexibility index (Phi) is 3.42. The van der Waals surface area contributed by atoms with Crippen molar-refractivity contribution in [2.24, 2.45) is 11.3 Å². The van der Waals surface area contributed by atoms with E-state index in [4.69, 9.17) is 0 Å². The quantitative estimate of drug-likeness (QED) is 0.739. The minimum absolute atomic E-state index is 0.299. The molecule has 0 spiro atoms. The van der Waals surface area contributed by atoms with Crippen molar-refractivity contribution in [1.29, 1.82) is 0 Å². The topological polar surface area (TPSA) is 17.8 Å². The van der Waals surface area contributed by atoms with Crippen LogP contribution in [0.2, 0.25) is 0 Å². The molecule has 0 aliphatic carbocycles. The van der Waals surface area contributed by atoms with E-state index in [0.29, 0.717) is 11.3 Å². The van der Waals surface area contributed by atoms with Crippen LogP contribution in [0.5, 0.6) is 0 Å². The summed E-state index contributed by atoms with van der Waals surface area (Å²) in [6.07, 6.45) is 3.82. The molecule has 0 saturated carbocycles. The Morgan fingerprint density at radius 3 is 2.54 bits per heavy atom. The van der Waals surface area contributed by atoms with Gasteiger partial charge in [0.15, 0.2) is 0 Å². The molecule has 74 valence electrons. The van der Waals surface area contributed by atoms with E-state index in [2.05, 4.69) is 38.5 Å². The second-order valence-corrected chi connectivity index (χ2v) is 4.84. The fraction of sp³-hybridized carbons (Fsp3) is 0.700. The summed E-state index contributed by atoms with van der Waals surface area (Å²) in [4.78, 5) is 0. The van der Waals surface area contributed by atoms with Crippen LogP contribution in [0, 0.1) is 11.3 Å². The van der Waals surface area contributed by atoms with Crippen molar-refractivity contribution in [3.63, 3.8) is 0 Å². The highest BCUT2D eigenvalue weighted by atomic mass is 32.1. The summed E-state index contributed by atoms with van der Waals surface area (Å²) in [6.45, 7) is 7.70. The van der Waals surface area contributed by atoms with Crippen molar-refractivity contribution < 1.29 is 0 Å². The van der Waals surface area contributed by atoms with Crippen molar-refractivity contribution in [1.82, 2.24) is 9.78 Å². The Morgan fingerprint density at radius 1 is 1.46 bits per heavy atom. The minimum Gasteiger partial charge on any atom is -0.272 e. The van der Waals surface area contributed by atoms with Gasteiger partial charge in [0.25, 0.3) is 0 Å². The van der Waals surface area contributed by atoms with Gasteiger partial charge in [0.05, 0.1) is 0 Å². The van der Waals surface area contributed by atoms with Gasteiger partial charge in [-0.3, -0.25) is 4.68 Å². The predicted octanol–water partition coefficient (Wildman–Crippen LogP) is 2.48. The van der Waals surface area contributed by atoms with E-state index in [9.17, 15) is 0 Å². The third kappa shape index (κ3) is 3.07. The lowest BCUT2D eigenvalue weighted by atomic mass is 9.82. The lowest BCUT2D eigenvalue weighted by molar-refractivity contribution is 0.231. The van der Waals surface area contributed by atoms with Crippen LogP contribution in [-0.4, -0.2) is 15.5 Å². The summed E-state index contributed by atoms with van der Waals surface area (Å²) in [7, 11) is 0. The Morgan fingerprint density at radius 2 is 2.15 bits per heavy atom. The van der Waals surface area contributed by atoms with Crippen LogP contribution in [0.3, 0.4) is 0 Å². The number of rotatable bonds is 3. The van der Waals surface area contributed by atoms with Gasteiger partial charge in [0.2, 0.25) is 0 Å². The number of hydrogen-bond acceptors (Lipinski definition) is 2. The highest BCUT2D eigenvalue weighted by Gasteiger charge is 2.23. The third-order valence-electron chi connectivity index (χ3n) is 2.41. The van der Waals surface area contributed by atoms with Gasteiger partial charge in [0, 0.05) is 18.9 Å². The number of aromatic nitrogens is 2. The molecular weight excluding hydrogens is 180 g/mol. The van der Waals surface area contributed by atoms with Crippen LogP contribution < -0.4 is 0 Å². The van der Waals surface area contributed by atoms with Crippen LogP contribution in [-0.2, 0) is 6.54 Å². The van der Waals surface area contributed by atoms with Crippen molar-refractivity contribution in [2.75, 3.05) is 5.75 Å². The molecular formula is C10H18N2S. The zero-order valence-electron chi connectivity index (χ0n) is 8.57. The van der Waals surface area contributed by atoms with Crippen molar-refractivity contribution in [2.45, 2.75) is 27.3 Å². The smallest absolute Gasteiger partial charge is 0.0489 e. The average molecular weight is 198 g/mol. The van der Waals surface area contributed by atoms with E-state index >= 15 is 0 Å². The SMILES string of the molecule is CC(C)(C)C(CS)Cn1cccn1. The maximum absolute atomic E-state index is 4.38. The lowest BCUT2D eigenvalue weighted by Crippen LogP contribution is -2.26. The predicted molar refractivity (Wildman–Crippen MR) is 59.0 cm³/mol. The molecule has 3 heteroatoms. The van der Waals surface area contributed by atoms with Crippen LogP contribution >= 0.6 is 12.6 Å². The van der Waals surface area contributed by atoms with Gasteiger partial charge in [-0.05, 0) is 23.2 Å². The third-order valence-corrected chi connectivity index (χ3v) is 2.85. The Balaban J connectivity index is 2.60. The second kappa shape index (κ2) is 4.18. The van der Waals surface area contributed by atoms with E-state index in [1.807, 2.05) is 23.1 Å². The van der Waals surface area contributed by atoms with Gasteiger partial charge in [-0.2, -0.15) is 17.7 Å². The molecule has 0 aromatic carbocycles. The molecule has 0 fully saturated rings. The summed E-state index contributed by atoms with van der Waals surface area (Å²) in [5.74, 6) is 1.47. The van der Waals surface area contributed by atoms with Crippen LogP contribution in [0.4, 0.5) is 0 Å². The normalized spacial score (nSPS) is 14.5. The first kappa shape index (κ1) is 10.6. The van der Waals surface area contributed by atoms with Gasteiger partial charge >= 0.3 is 0 Å². The van der Waals surface area contributed by atoms with E-state index in [0.717, 1.165) is 12.3 Å². The number of thiol groups is 1. The molecule has 0 saturated heterocycles. The van der Waals surface area contributed by atoms with Gasteiger partial charge in [-0.15, -0.1) is 0 Å². The molecule has 2 nitrogen and oxygen atoms in total. The minimum atomic E-state index is 0.299. The zero-order chi connectivity index (χ0) is 9.90. The standard InChI is InChI=1S/C10H18N2S/c1-10(2,3)9(8-13)7-12-6-4-5-11-12/h4-6,9,13H,7-8H2,1-3H3. The first-order valence-corrected chi connectivity index (χ1v) is 5.25. The molecule has 0 amide bonds. The van der Waals surface area contributed by atoms with Crippen LogP contribution in [0.1, 0.15) is 20.8 Å². The largest absolute Gasteiger partial charge is 0.272 e. The number of hydrogen-bond donors (Lipinski definition) is 1. The lowest BCUT2D eigenvalue weighted by Gasteiger charge is -2.29. The molecule has 0 bridgehead atoms. The molecule has 0 aliphatic heterocycles. The maximum Gasteiger partial charge on any atom is 0.0489 e. The molecule has 0 N–H and O–H groups in total. The summed E-state index contributed by atoms with van der Waals surface area (Å²) < 4.78 is 1.98. The highest BCUT2D eigenvalue weighted by molar-refractivity contribution is 7.80. The summed E-state index contributed by atoms with van der Waals surface area (Å²) >= 11 is 4.38. The first-order valence-electron chi connectivity index (χ1n) is 4.62. The van der Waals surface area contributed by atoms with E-state index < -0.39 is 0 Å². The van der Waals surface area contributed by atoms with Gasteiger partial charge in [-0.25, -0.2) is 0 Å². The van der Waals surface area contributed by atoms with Crippen molar-refractivity contribution >= 4 is 12.6 Å². The summed E-state index contributed by atoms with van der Waals surface area (Å²) in [5.41, 5.74) is 0.299. The maximum atomic E-state index is 4.38. The van der Waals surface area contributed by atoms with Gasteiger partial charge in [0.1, 0.15) is 0 Å². The molecule has 1 aromatic rings. The molecule has 1 unspecified atom stereocenters. The van der Waals surface area contributed by atoms with E-state index in [1.54, 1.807) is 0 Å². The molecule has 1 atom stereocenters. The number of nitrogens with zero attached hydrogens (tertiary/aromatic N) is 2. The molecule has 1 heterocycles. The first-order chi connectivity index (χ1) is 6.04. The Hall–Kier alpha value is -0.440. The fourth-order valence-electron chi connectivity index (χ4n) is 1.24. The van der Waals surface area contributed by atoms with Crippen LogP contribution in [0.15, 0.2) is 18.5 Å². The molecule has 0 aliphatic rings. The average Bonchev–Trinajstić information content (AvgIpc) is 2.49. The van der Waals surface area contributed by atoms with Crippen molar-refractivity contribution in [3.05, 3.63) is 18.5 Å². The fourth-order valence-corrected chi connectivity index (χ4v) is 1.90. The Bertz CT molecular complexity index is 236. The molecule has 0 radical (unpaired) electrons. The summed E-state index contributed by atoms with van der Waals surface area (Å²) in [5, 5.41) is 4.20. The molecule has 13 heavy (non-hydrogen) atoms. The Labute approximate surface area is 85.7 Å². The highest BCUT2D eigenvalue weighted by Crippen LogP contribution is 2.27. The zero-order valence-corrected chi connectivity index (χ0v) is 9.46. The van der Waals surface area contributed by atoms with Gasteiger partial charge in [-0.1, -0.05) is 20.8 Å². The van der Waals surface area contributed by atoms with E-state index in [-0.39, 0.29) is 0 Å². The molecule has 1 rings (SSSR count). The van der Waals surface area contributed by atoms with Crippen molar-refractivity contribution in [3.8, 4) is 0 Å². The molecule has 1 aromatic heterocycles. The second-order valence-electron chi connectivity index (χ2n) is 4.47. The van der Waals surface area contributed by atoms with Gasteiger partial charge < -0.3 is 0 Å². The van der Waals surface area contributed by atoms with E-state index in [1.165, 1.54) is 0 Å².